The highest BCUT2D eigenvalue weighted by Gasteiger charge is 2.39. The minimum absolute atomic E-state index is 0.0224. The van der Waals surface area contributed by atoms with Crippen molar-refractivity contribution in [2.24, 2.45) is 0 Å². The van der Waals surface area contributed by atoms with Crippen molar-refractivity contribution in [3.8, 4) is 0 Å². The van der Waals surface area contributed by atoms with E-state index in [0.717, 1.165) is 6.42 Å². The highest BCUT2D eigenvalue weighted by Crippen LogP contribution is 2.20. The van der Waals surface area contributed by atoms with Crippen molar-refractivity contribution in [1.29, 1.82) is 0 Å². The van der Waals surface area contributed by atoms with Gasteiger partial charge in [0, 0.05) is 6.04 Å². The number of carbonyl (C=O) groups excluding carboxylic acids is 2. The lowest BCUT2D eigenvalue weighted by Gasteiger charge is -2.41. The van der Waals surface area contributed by atoms with Crippen LogP contribution in [0.25, 0.3) is 0 Å². The SMILES string of the molecule is CCC1C(=O)NC(C)C(=O)N1C(C)Cc1ccsc1. The van der Waals surface area contributed by atoms with Crippen molar-refractivity contribution in [2.45, 2.75) is 51.7 Å². The van der Waals surface area contributed by atoms with Crippen LogP contribution >= 0.6 is 11.3 Å². The molecule has 3 unspecified atom stereocenters. The fourth-order valence-corrected chi connectivity index (χ4v) is 3.31. The number of nitrogens with zero attached hydrogens (tertiary/aromatic N) is 1. The number of hydrogen-bond donors (Lipinski definition) is 1. The fourth-order valence-electron chi connectivity index (χ4n) is 2.63. The first kappa shape index (κ1) is 14.1. The van der Waals surface area contributed by atoms with Gasteiger partial charge in [0.1, 0.15) is 12.1 Å². The zero-order valence-electron chi connectivity index (χ0n) is 11.6. The molecule has 2 rings (SSSR count). The van der Waals surface area contributed by atoms with Crippen molar-refractivity contribution >= 4 is 23.2 Å². The minimum atomic E-state index is -0.416. The monoisotopic (exact) mass is 280 g/mol. The summed E-state index contributed by atoms with van der Waals surface area (Å²) >= 11 is 1.65. The molecule has 1 aromatic rings. The van der Waals surface area contributed by atoms with Gasteiger partial charge in [0.25, 0.3) is 0 Å². The van der Waals surface area contributed by atoms with E-state index in [1.807, 2.05) is 19.2 Å². The van der Waals surface area contributed by atoms with Gasteiger partial charge in [-0.05, 0) is 49.1 Å². The average molecular weight is 280 g/mol. The molecule has 104 valence electrons. The third kappa shape index (κ3) is 2.81. The molecule has 0 aromatic carbocycles. The quantitative estimate of drug-likeness (QED) is 0.914. The first-order chi connectivity index (χ1) is 9.04. The summed E-state index contributed by atoms with van der Waals surface area (Å²) in [6.07, 6.45) is 1.45. The Bertz CT molecular complexity index is 458. The van der Waals surface area contributed by atoms with Crippen molar-refractivity contribution in [3.05, 3.63) is 22.4 Å². The number of amides is 2. The summed E-state index contributed by atoms with van der Waals surface area (Å²) in [7, 11) is 0. The molecule has 1 aromatic heterocycles. The average Bonchev–Trinajstić information content (AvgIpc) is 2.85. The third-order valence-electron chi connectivity index (χ3n) is 3.59. The Morgan fingerprint density at radius 2 is 2.21 bits per heavy atom. The van der Waals surface area contributed by atoms with Crippen LogP contribution in [0.15, 0.2) is 16.8 Å². The van der Waals surface area contributed by atoms with E-state index in [1.165, 1.54) is 5.56 Å². The second-order valence-electron chi connectivity index (χ2n) is 5.08. The van der Waals surface area contributed by atoms with Crippen molar-refractivity contribution in [2.75, 3.05) is 0 Å². The first-order valence-corrected chi connectivity index (χ1v) is 7.62. The molecule has 1 N–H and O–H groups in total. The molecule has 0 saturated carbocycles. The van der Waals surface area contributed by atoms with Crippen LogP contribution in [0.3, 0.4) is 0 Å². The van der Waals surface area contributed by atoms with Crippen LogP contribution in [0.2, 0.25) is 0 Å². The molecule has 1 aliphatic heterocycles. The fraction of sp³-hybridized carbons (Fsp3) is 0.571. The lowest BCUT2D eigenvalue weighted by Crippen LogP contribution is -2.64. The van der Waals surface area contributed by atoms with Crippen molar-refractivity contribution < 1.29 is 9.59 Å². The van der Waals surface area contributed by atoms with Crippen molar-refractivity contribution in [3.63, 3.8) is 0 Å². The van der Waals surface area contributed by atoms with Gasteiger partial charge in [-0.25, -0.2) is 0 Å². The predicted octanol–water partition coefficient (Wildman–Crippen LogP) is 1.80. The molecule has 0 spiro atoms. The van der Waals surface area contributed by atoms with E-state index in [4.69, 9.17) is 0 Å². The van der Waals surface area contributed by atoms with Gasteiger partial charge < -0.3 is 10.2 Å². The van der Waals surface area contributed by atoms with Crippen LogP contribution in [-0.4, -0.2) is 34.8 Å². The molecule has 1 fully saturated rings. The molecular formula is C14H20N2O2S. The number of hydrogen-bond acceptors (Lipinski definition) is 3. The summed E-state index contributed by atoms with van der Waals surface area (Å²) in [5.41, 5.74) is 1.22. The van der Waals surface area contributed by atoms with E-state index in [1.54, 1.807) is 23.2 Å². The van der Waals surface area contributed by atoms with Crippen LogP contribution in [0, 0.1) is 0 Å². The Balaban J connectivity index is 2.17. The molecule has 4 nitrogen and oxygen atoms in total. The van der Waals surface area contributed by atoms with Gasteiger partial charge in [-0.15, -0.1) is 0 Å². The Morgan fingerprint density at radius 1 is 1.47 bits per heavy atom. The molecule has 3 atom stereocenters. The van der Waals surface area contributed by atoms with Gasteiger partial charge >= 0.3 is 0 Å². The second kappa shape index (κ2) is 5.74. The topological polar surface area (TPSA) is 49.4 Å². The maximum Gasteiger partial charge on any atom is 0.245 e. The maximum absolute atomic E-state index is 12.3. The molecule has 2 amide bonds. The molecule has 1 saturated heterocycles. The minimum Gasteiger partial charge on any atom is -0.343 e. The highest BCUT2D eigenvalue weighted by atomic mass is 32.1. The van der Waals surface area contributed by atoms with E-state index >= 15 is 0 Å². The number of rotatable bonds is 4. The summed E-state index contributed by atoms with van der Waals surface area (Å²) in [6, 6.07) is 1.36. The van der Waals surface area contributed by atoms with Crippen molar-refractivity contribution in [1.82, 2.24) is 10.2 Å². The Morgan fingerprint density at radius 3 is 2.79 bits per heavy atom. The molecule has 19 heavy (non-hydrogen) atoms. The second-order valence-corrected chi connectivity index (χ2v) is 5.86. The van der Waals surface area contributed by atoms with E-state index in [0.29, 0.717) is 6.42 Å². The van der Waals surface area contributed by atoms with Gasteiger partial charge in [-0.3, -0.25) is 9.59 Å². The summed E-state index contributed by atoms with van der Waals surface area (Å²) in [6.45, 7) is 5.71. The first-order valence-electron chi connectivity index (χ1n) is 6.68. The predicted molar refractivity (Wildman–Crippen MR) is 76.0 cm³/mol. The van der Waals surface area contributed by atoms with Gasteiger partial charge in [0.05, 0.1) is 0 Å². The van der Waals surface area contributed by atoms with Gasteiger partial charge in [-0.2, -0.15) is 11.3 Å². The summed E-state index contributed by atoms with van der Waals surface area (Å²) in [5.74, 6) is -0.0130. The molecule has 0 radical (unpaired) electrons. The van der Waals surface area contributed by atoms with Gasteiger partial charge in [0.2, 0.25) is 11.8 Å². The number of piperazine rings is 1. The number of thiophene rings is 1. The standard InChI is InChI=1S/C14H20N2O2S/c1-4-12-13(17)15-10(3)14(18)16(12)9(2)7-11-5-6-19-8-11/h5-6,8-10,12H,4,7H2,1-3H3,(H,15,17). The van der Waals surface area contributed by atoms with Gasteiger partial charge in [0.15, 0.2) is 0 Å². The smallest absolute Gasteiger partial charge is 0.245 e. The van der Waals surface area contributed by atoms with E-state index < -0.39 is 6.04 Å². The molecule has 0 aliphatic carbocycles. The maximum atomic E-state index is 12.3. The van der Waals surface area contributed by atoms with Crippen LogP contribution in [0.5, 0.6) is 0 Å². The van der Waals surface area contributed by atoms with E-state index in [2.05, 4.69) is 16.8 Å². The number of nitrogens with one attached hydrogen (secondary N) is 1. The summed E-state index contributed by atoms with van der Waals surface area (Å²) < 4.78 is 0. The molecule has 0 bridgehead atoms. The zero-order valence-corrected chi connectivity index (χ0v) is 12.4. The largest absolute Gasteiger partial charge is 0.343 e. The summed E-state index contributed by atoms with van der Waals surface area (Å²) in [5, 5.41) is 6.87. The number of carbonyl (C=O) groups is 2. The highest BCUT2D eigenvalue weighted by molar-refractivity contribution is 7.07. The Labute approximate surface area is 117 Å². The molecule has 1 aliphatic rings. The van der Waals surface area contributed by atoms with Gasteiger partial charge in [-0.1, -0.05) is 6.92 Å². The Hall–Kier alpha value is -1.36. The zero-order chi connectivity index (χ0) is 14.0. The van der Waals surface area contributed by atoms with E-state index in [9.17, 15) is 9.59 Å². The van der Waals surface area contributed by atoms with E-state index in [-0.39, 0.29) is 23.9 Å². The normalized spacial score (nSPS) is 25.3. The van der Waals surface area contributed by atoms with Crippen LogP contribution < -0.4 is 5.32 Å². The molecule has 5 heteroatoms. The summed E-state index contributed by atoms with van der Waals surface area (Å²) in [4.78, 5) is 26.1. The van der Waals surface area contributed by atoms with Crippen LogP contribution in [0.1, 0.15) is 32.8 Å². The molecule has 2 heterocycles. The molecular weight excluding hydrogens is 260 g/mol. The van der Waals surface area contributed by atoms with Crippen LogP contribution in [0.4, 0.5) is 0 Å². The third-order valence-corrected chi connectivity index (χ3v) is 4.33. The Kier molecular flexibility index (Phi) is 4.24. The van der Waals surface area contributed by atoms with Crippen LogP contribution in [-0.2, 0) is 16.0 Å². The lowest BCUT2D eigenvalue weighted by molar-refractivity contribution is -0.151. The lowest BCUT2D eigenvalue weighted by atomic mass is 10.00.